The molecular formula is C8H12N2O2. The third-order valence-corrected chi connectivity index (χ3v) is 1.60. The number of hydrogen-bond donors (Lipinski definition) is 1. The first-order valence-electron chi connectivity index (χ1n) is 3.96. The highest BCUT2D eigenvalue weighted by Crippen LogP contribution is 1.82. The second-order valence-electron chi connectivity index (χ2n) is 2.75. The van der Waals surface area contributed by atoms with Crippen LogP contribution >= 0.6 is 0 Å². The van der Waals surface area contributed by atoms with Gasteiger partial charge in [0.1, 0.15) is 0 Å². The fraction of sp³-hybridized carbons (Fsp3) is 0.500. The molecule has 0 bridgehead atoms. The molecule has 0 saturated heterocycles. The van der Waals surface area contributed by atoms with E-state index >= 15 is 0 Å². The van der Waals surface area contributed by atoms with Crippen molar-refractivity contribution < 1.29 is 0 Å². The molecule has 1 rings (SSSR count). The summed E-state index contributed by atoms with van der Waals surface area (Å²) in [5.41, 5.74) is 0.0669. The highest BCUT2D eigenvalue weighted by atomic mass is 16.2. The van der Waals surface area contributed by atoms with Crippen molar-refractivity contribution >= 4 is 0 Å². The first kappa shape index (κ1) is 8.77. The summed E-state index contributed by atoms with van der Waals surface area (Å²) < 4.78 is 1.20. The lowest BCUT2D eigenvalue weighted by molar-refractivity contribution is 0.612. The van der Waals surface area contributed by atoms with Crippen LogP contribution in [0.3, 0.4) is 0 Å². The van der Waals surface area contributed by atoms with Gasteiger partial charge in [0.2, 0.25) is 0 Å². The van der Waals surface area contributed by atoms with Crippen LogP contribution in [-0.2, 0) is 6.54 Å². The van der Waals surface area contributed by atoms with Gasteiger partial charge in [0.05, 0.1) is 0 Å². The minimum atomic E-state index is -0.318. The first-order chi connectivity index (χ1) is 5.65. The van der Waals surface area contributed by atoms with E-state index in [4.69, 9.17) is 0 Å². The molecule has 1 N–H and O–H groups in total. The van der Waals surface area contributed by atoms with Crippen LogP contribution in [0, 0.1) is 6.92 Å². The van der Waals surface area contributed by atoms with Gasteiger partial charge in [0.15, 0.2) is 0 Å². The number of hydrogen-bond acceptors (Lipinski definition) is 2. The molecule has 0 fully saturated rings. The van der Waals surface area contributed by atoms with Gasteiger partial charge in [0.25, 0.3) is 5.56 Å². The van der Waals surface area contributed by atoms with Gasteiger partial charge in [-0.2, -0.15) is 0 Å². The summed E-state index contributed by atoms with van der Waals surface area (Å²) in [5, 5.41) is 0. The van der Waals surface area contributed by atoms with Crippen LogP contribution in [0.25, 0.3) is 0 Å². The monoisotopic (exact) mass is 168 g/mol. The maximum absolute atomic E-state index is 11.2. The second kappa shape index (κ2) is 3.38. The SMILES string of the molecule is CCCn1c(=O)cc(C)[nH]c1=O. The molecule has 66 valence electrons. The summed E-state index contributed by atoms with van der Waals surface area (Å²) in [4.78, 5) is 24.9. The predicted molar refractivity (Wildman–Crippen MR) is 46.4 cm³/mol. The fourth-order valence-electron chi connectivity index (χ4n) is 1.07. The molecule has 0 spiro atoms. The summed E-state index contributed by atoms with van der Waals surface area (Å²) in [6, 6.07) is 1.43. The van der Waals surface area contributed by atoms with Gasteiger partial charge in [-0.15, -0.1) is 0 Å². The van der Waals surface area contributed by atoms with Crippen LogP contribution in [0.15, 0.2) is 15.7 Å². The number of aryl methyl sites for hydroxylation is 1. The first-order valence-corrected chi connectivity index (χ1v) is 3.96. The van der Waals surface area contributed by atoms with Crippen molar-refractivity contribution in [2.45, 2.75) is 26.8 Å². The summed E-state index contributed by atoms with van der Waals surface area (Å²) in [7, 11) is 0. The van der Waals surface area contributed by atoms with E-state index in [9.17, 15) is 9.59 Å². The van der Waals surface area contributed by atoms with Gasteiger partial charge >= 0.3 is 5.69 Å². The molecule has 0 unspecified atom stereocenters. The molecule has 1 heterocycles. The molecule has 0 atom stereocenters. The zero-order valence-electron chi connectivity index (χ0n) is 7.26. The molecule has 1 aromatic heterocycles. The lowest BCUT2D eigenvalue weighted by Gasteiger charge is -2.01. The van der Waals surface area contributed by atoms with Gasteiger partial charge in [-0.25, -0.2) is 4.79 Å². The molecule has 0 saturated carbocycles. The zero-order valence-corrected chi connectivity index (χ0v) is 7.26. The Kier molecular flexibility index (Phi) is 2.47. The Labute approximate surface area is 69.9 Å². The van der Waals surface area contributed by atoms with Crippen LogP contribution in [0.2, 0.25) is 0 Å². The van der Waals surface area contributed by atoms with Crippen LogP contribution in [0.4, 0.5) is 0 Å². The van der Waals surface area contributed by atoms with Crippen molar-refractivity contribution in [3.05, 3.63) is 32.6 Å². The number of aromatic nitrogens is 2. The average molecular weight is 168 g/mol. The number of aromatic amines is 1. The Hall–Kier alpha value is -1.32. The van der Waals surface area contributed by atoms with Gasteiger partial charge in [-0.3, -0.25) is 9.36 Å². The van der Waals surface area contributed by atoms with E-state index in [1.54, 1.807) is 6.92 Å². The minimum absolute atomic E-state index is 0.224. The van der Waals surface area contributed by atoms with Crippen molar-refractivity contribution in [3.8, 4) is 0 Å². The van der Waals surface area contributed by atoms with Crippen molar-refractivity contribution in [1.82, 2.24) is 9.55 Å². The topological polar surface area (TPSA) is 54.9 Å². The number of rotatable bonds is 2. The van der Waals surface area contributed by atoms with E-state index in [0.29, 0.717) is 12.2 Å². The summed E-state index contributed by atoms with van der Waals surface area (Å²) >= 11 is 0. The standard InChI is InChI=1S/C8H12N2O2/c1-3-4-10-7(11)5-6(2)9-8(10)12/h5H,3-4H2,1-2H3,(H,9,12). The van der Waals surface area contributed by atoms with Crippen molar-refractivity contribution in [1.29, 1.82) is 0 Å². The zero-order chi connectivity index (χ0) is 9.14. The Morgan fingerprint density at radius 3 is 2.67 bits per heavy atom. The van der Waals surface area contributed by atoms with Crippen LogP contribution < -0.4 is 11.2 Å². The summed E-state index contributed by atoms with van der Waals surface area (Å²) in [6.45, 7) is 4.10. The normalized spacial score (nSPS) is 10.2. The molecule has 0 aliphatic rings. The average Bonchev–Trinajstić information content (AvgIpc) is 1.96. The molecule has 0 radical (unpaired) electrons. The minimum Gasteiger partial charge on any atom is -0.311 e. The Balaban J connectivity index is 3.29. The fourth-order valence-corrected chi connectivity index (χ4v) is 1.07. The van der Waals surface area contributed by atoms with Crippen LogP contribution in [0.1, 0.15) is 19.0 Å². The number of nitrogens with one attached hydrogen (secondary N) is 1. The Bertz CT molecular complexity index is 344. The van der Waals surface area contributed by atoms with E-state index in [1.807, 2.05) is 6.92 Å². The molecule has 4 heteroatoms. The number of nitrogens with zero attached hydrogens (tertiary/aromatic N) is 1. The van der Waals surface area contributed by atoms with Crippen LogP contribution in [0.5, 0.6) is 0 Å². The molecule has 0 amide bonds. The molecule has 4 nitrogen and oxygen atoms in total. The molecule has 0 aliphatic carbocycles. The van der Waals surface area contributed by atoms with Gasteiger partial charge < -0.3 is 4.98 Å². The molecular weight excluding hydrogens is 156 g/mol. The quantitative estimate of drug-likeness (QED) is 0.688. The van der Waals surface area contributed by atoms with E-state index < -0.39 is 0 Å². The maximum atomic E-state index is 11.2. The summed E-state index contributed by atoms with van der Waals surface area (Å²) in [6.07, 6.45) is 0.784. The maximum Gasteiger partial charge on any atom is 0.328 e. The lowest BCUT2D eigenvalue weighted by atomic mass is 10.4. The smallest absolute Gasteiger partial charge is 0.311 e. The van der Waals surface area contributed by atoms with E-state index in [-0.39, 0.29) is 11.2 Å². The van der Waals surface area contributed by atoms with E-state index in [2.05, 4.69) is 4.98 Å². The third-order valence-electron chi connectivity index (χ3n) is 1.60. The highest BCUT2D eigenvalue weighted by Gasteiger charge is 1.99. The van der Waals surface area contributed by atoms with E-state index in [0.717, 1.165) is 6.42 Å². The van der Waals surface area contributed by atoms with Crippen molar-refractivity contribution in [2.75, 3.05) is 0 Å². The van der Waals surface area contributed by atoms with Crippen molar-refractivity contribution in [2.24, 2.45) is 0 Å². The van der Waals surface area contributed by atoms with Crippen LogP contribution in [-0.4, -0.2) is 9.55 Å². The Morgan fingerprint density at radius 1 is 1.50 bits per heavy atom. The van der Waals surface area contributed by atoms with Crippen molar-refractivity contribution in [3.63, 3.8) is 0 Å². The summed E-state index contributed by atoms with van der Waals surface area (Å²) in [5.74, 6) is 0. The Morgan fingerprint density at radius 2 is 2.17 bits per heavy atom. The second-order valence-corrected chi connectivity index (χ2v) is 2.75. The number of H-pyrrole nitrogens is 1. The van der Waals surface area contributed by atoms with Gasteiger partial charge in [-0.05, 0) is 13.3 Å². The van der Waals surface area contributed by atoms with Gasteiger partial charge in [-0.1, -0.05) is 6.92 Å². The predicted octanol–water partition coefficient (Wildman–Crippen LogP) is 0.255. The van der Waals surface area contributed by atoms with E-state index in [1.165, 1.54) is 10.6 Å². The highest BCUT2D eigenvalue weighted by molar-refractivity contribution is 4.96. The molecule has 12 heavy (non-hydrogen) atoms. The molecule has 0 aliphatic heterocycles. The molecule has 1 aromatic rings. The lowest BCUT2D eigenvalue weighted by Crippen LogP contribution is -2.34. The van der Waals surface area contributed by atoms with Gasteiger partial charge in [0, 0.05) is 18.3 Å². The largest absolute Gasteiger partial charge is 0.328 e. The third kappa shape index (κ3) is 1.64. The molecule has 0 aromatic carbocycles.